The second-order valence-electron chi connectivity index (χ2n) is 5.04. The number of carbonyl (C=O) groups excluding carboxylic acids is 1. The molecule has 1 heterocycles. The molecule has 0 aliphatic rings. The molecule has 3 rings (SSSR count). The third-order valence-corrected chi connectivity index (χ3v) is 3.52. The molecular weight excluding hydrogens is 280 g/mol. The van der Waals surface area contributed by atoms with E-state index in [1.807, 2.05) is 32.0 Å². The van der Waals surface area contributed by atoms with E-state index < -0.39 is 5.97 Å². The lowest BCUT2D eigenvalue weighted by molar-refractivity contribution is -0.136. The highest BCUT2D eigenvalue weighted by Gasteiger charge is 2.09. The van der Waals surface area contributed by atoms with Crippen molar-refractivity contribution < 1.29 is 14.3 Å². The van der Waals surface area contributed by atoms with Crippen molar-refractivity contribution in [2.45, 2.75) is 13.8 Å². The summed E-state index contributed by atoms with van der Waals surface area (Å²) in [5, 5.41) is 0. The van der Waals surface area contributed by atoms with Gasteiger partial charge in [0, 0.05) is 6.07 Å². The molecule has 0 radical (unpaired) electrons. The monoisotopic (exact) mass is 296 g/mol. The Morgan fingerprint density at radius 2 is 2.09 bits per heavy atom. The van der Waals surface area contributed by atoms with Crippen LogP contribution >= 0.6 is 0 Å². The van der Waals surface area contributed by atoms with Crippen molar-refractivity contribution in [3.05, 3.63) is 53.9 Å². The number of carbonyl (C=O) groups is 1. The molecule has 0 fully saturated rings. The molecule has 5 nitrogen and oxygen atoms in total. The van der Waals surface area contributed by atoms with Crippen LogP contribution in [0.5, 0.6) is 11.5 Å². The Labute approximate surface area is 127 Å². The molecule has 1 N–H and O–H groups in total. The largest absolute Gasteiger partial charge is 0.482 e. The van der Waals surface area contributed by atoms with E-state index in [9.17, 15) is 4.79 Å². The van der Waals surface area contributed by atoms with E-state index in [1.54, 1.807) is 24.5 Å². The van der Waals surface area contributed by atoms with Crippen LogP contribution in [0.3, 0.4) is 0 Å². The molecule has 2 aromatic carbocycles. The third kappa shape index (κ3) is 2.93. The first-order chi connectivity index (χ1) is 10.6. The van der Waals surface area contributed by atoms with Crippen LogP contribution in [-0.4, -0.2) is 22.5 Å². The highest BCUT2D eigenvalue weighted by Crippen LogP contribution is 2.21. The molecule has 3 aromatic rings. The first kappa shape index (κ1) is 14.1. The summed E-state index contributed by atoms with van der Waals surface area (Å²) in [7, 11) is 0. The van der Waals surface area contributed by atoms with Crippen LogP contribution in [0.1, 0.15) is 11.1 Å². The molecule has 0 amide bonds. The van der Waals surface area contributed by atoms with Gasteiger partial charge in [-0.15, -0.1) is 0 Å². The van der Waals surface area contributed by atoms with Crippen molar-refractivity contribution in [3.8, 4) is 11.5 Å². The number of aromatic amines is 1. The van der Waals surface area contributed by atoms with Crippen LogP contribution in [0.25, 0.3) is 11.0 Å². The molecule has 22 heavy (non-hydrogen) atoms. The number of aryl methyl sites for hydroxylation is 1. The molecule has 0 aliphatic heterocycles. The van der Waals surface area contributed by atoms with Gasteiger partial charge in [-0.1, -0.05) is 12.1 Å². The van der Waals surface area contributed by atoms with Crippen LogP contribution in [0, 0.1) is 13.8 Å². The average Bonchev–Trinajstić information content (AvgIpc) is 2.96. The summed E-state index contributed by atoms with van der Waals surface area (Å²) < 4.78 is 10.8. The summed E-state index contributed by atoms with van der Waals surface area (Å²) in [6.45, 7) is 3.83. The van der Waals surface area contributed by atoms with Crippen LogP contribution in [0.2, 0.25) is 0 Å². The molecular formula is C17H16N2O3. The summed E-state index contributed by atoms with van der Waals surface area (Å²) in [6.07, 6.45) is 1.60. The van der Waals surface area contributed by atoms with Gasteiger partial charge in [-0.05, 0) is 43.2 Å². The zero-order chi connectivity index (χ0) is 15.5. The van der Waals surface area contributed by atoms with Gasteiger partial charge >= 0.3 is 5.97 Å². The Balaban J connectivity index is 1.63. The molecule has 0 atom stereocenters. The number of ether oxygens (including phenoxy) is 2. The summed E-state index contributed by atoms with van der Waals surface area (Å²) >= 11 is 0. The Morgan fingerprint density at radius 3 is 2.95 bits per heavy atom. The fraction of sp³-hybridized carbons (Fsp3) is 0.176. The molecule has 0 saturated heterocycles. The molecule has 5 heteroatoms. The van der Waals surface area contributed by atoms with Crippen LogP contribution in [0.15, 0.2) is 42.7 Å². The predicted molar refractivity (Wildman–Crippen MR) is 83.1 cm³/mol. The fourth-order valence-electron chi connectivity index (χ4n) is 2.16. The standard InChI is InChI=1S/C17H16N2O3/c1-11-4-3-5-16(12(11)2)21-9-17(20)22-13-6-7-14-15(8-13)19-10-18-14/h3-8,10H,9H2,1-2H3,(H,18,19). The van der Waals surface area contributed by atoms with E-state index in [1.165, 1.54) is 0 Å². The van der Waals surface area contributed by atoms with Crippen molar-refractivity contribution in [2.24, 2.45) is 0 Å². The molecule has 0 bridgehead atoms. The number of fused-ring (bicyclic) bond motifs is 1. The minimum Gasteiger partial charge on any atom is -0.482 e. The summed E-state index contributed by atoms with van der Waals surface area (Å²) in [4.78, 5) is 19.0. The second kappa shape index (κ2) is 5.89. The fourth-order valence-corrected chi connectivity index (χ4v) is 2.16. The van der Waals surface area contributed by atoms with Gasteiger partial charge in [0.1, 0.15) is 11.5 Å². The lowest BCUT2D eigenvalue weighted by Gasteiger charge is -2.10. The number of hydrogen-bond donors (Lipinski definition) is 1. The van der Waals surface area contributed by atoms with Crippen molar-refractivity contribution in [2.75, 3.05) is 6.61 Å². The van der Waals surface area contributed by atoms with Crippen molar-refractivity contribution in [3.63, 3.8) is 0 Å². The zero-order valence-electron chi connectivity index (χ0n) is 12.4. The maximum absolute atomic E-state index is 11.9. The molecule has 0 unspecified atom stereocenters. The topological polar surface area (TPSA) is 64.2 Å². The predicted octanol–water partition coefficient (Wildman–Crippen LogP) is 3.16. The quantitative estimate of drug-likeness (QED) is 0.593. The molecule has 0 saturated carbocycles. The number of benzene rings is 2. The van der Waals surface area contributed by atoms with Gasteiger partial charge in [0.05, 0.1) is 17.4 Å². The van der Waals surface area contributed by atoms with E-state index in [0.29, 0.717) is 11.5 Å². The first-order valence-corrected chi connectivity index (χ1v) is 6.96. The van der Waals surface area contributed by atoms with Gasteiger partial charge in [-0.25, -0.2) is 9.78 Å². The average molecular weight is 296 g/mol. The Bertz CT molecular complexity index is 824. The van der Waals surface area contributed by atoms with Crippen LogP contribution in [-0.2, 0) is 4.79 Å². The SMILES string of the molecule is Cc1cccc(OCC(=O)Oc2ccc3nc[nH]c3c2)c1C. The molecule has 0 spiro atoms. The summed E-state index contributed by atoms with van der Waals surface area (Å²) in [6, 6.07) is 11.0. The normalized spacial score (nSPS) is 10.6. The van der Waals surface area contributed by atoms with Gasteiger partial charge in [0.15, 0.2) is 6.61 Å². The third-order valence-electron chi connectivity index (χ3n) is 3.52. The van der Waals surface area contributed by atoms with E-state index in [4.69, 9.17) is 9.47 Å². The number of H-pyrrole nitrogens is 1. The summed E-state index contributed by atoms with van der Waals surface area (Å²) in [5.74, 6) is 0.715. The number of imidazole rings is 1. The molecule has 112 valence electrons. The number of esters is 1. The summed E-state index contributed by atoms with van der Waals surface area (Å²) in [5.41, 5.74) is 3.79. The van der Waals surface area contributed by atoms with E-state index in [0.717, 1.165) is 22.2 Å². The molecule has 0 aliphatic carbocycles. The molecule has 1 aromatic heterocycles. The number of nitrogens with zero attached hydrogens (tertiary/aromatic N) is 1. The van der Waals surface area contributed by atoms with Gasteiger partial charge < -0.3 is 14.5 Å². The lowest BCUT2D eigenvalue weighted by atomic mass is 10.1. The number of rotatable bonds is 4. The zero-order valence-corrected chi connectivity index (χ0v) is 12.4. The van der Waals surface area contributed by atoms with E-state index in [2.05, 4.69) is 9.97 Å². The second-order valence-corrected chi connectivity index (χ2v) is 5.04. The van der Waals surface area contributed by atoms with Gasteiger partial charge in [-0.3, -0.25) is 0 Å². The Hall–Kier alpha value is -2.82. The smallest absolute Gasteiger partial charge is 0.349 e. The maximum Gasteiger partial charge on any atom is 0.349 e. The van der Waals surface area contributed by atoms with Gasteiger partial charge in [0.2, 0.25) is 0 Å². The highest BCUT2D eigenvalue weighted by atomic mass is 16.6. The van der Waals surface area contributed by atoms with E-state index >= 15 is 0 Å². The minimum absolute atomic E-state index is 0.134. The van der Waals surface area contributed by atoms with Gasteiger partial charge in [0.25, 0.3) is 0 Å². The minimum atomic E-state index is -0.445. The van der Waals surface area contributed by atoms with Crippen molar-refractivity contribution in [1.29, 1.82) is 0 Å². The highest BCUT2D eigenvalue weighted by molar-refractivity contribution is 5.79. The van der Waals surface area contributed by atoms with Crippen molar-refractivity contribution >= 4 is 17.0 Å². The first-order valence-electron chi connectivity index (χ1n) is 6.96. The Kier molecular flexibility index (Phi) is 3.78. The number of nitrogens with one attached hydrogen (secondary N) is 1. The Morgan fingerprint density at radius 1 is 1.23 bits per heavy atom. The number of aromatic nitrogens is 2. The van der Waals surface area contributed by atoms with E-state index in [-0.39, 0.29) is 6.61 Å². The van der Waals surface area contributed by atoms with Gasteiger partial charge in [-0.2, -0.15) is 0 Å². The lowest BCUT2D eigenvalue weighted by Crippen LogP contribution is -2.18. The van der Waals surface area contributed by atoms with Crippen LogP contribution < -0.4 is 9.47 Å². The van der Waals surface area contributed by atoms with Crippen LogP contribution in [0.4, 0.5) is 0 Å². The number of hydrogen-bond acceptors (Lipinski definition) is 4. The van der Waals surface area contributed by atoms with Crippen molar-refractivity contribution in [1.82, 2.24) is 9.97 Å². The maximum atomic E-state index is 11.9.